The van der Waals surface area contributed by atoms with E-state index in [4.69, 9.17) is 14.6 Å². The molecule has 0 aliphatic carbocycles. The van der Waals surface area contributed by atoms with E-state index in [0.717, 1.165) is 0 Å². The van der Waals surface area contributed by atoms with Crippen LogP contribution in [-0.4, -0.2) is 61.5 Å². The highest BCUT2D eigenvalue weighted by Crippen LogP contribution is 2.20. The molecule has 94 valence electrons. The Kier molecular flexibility index (Phi) is 5.18. The molecule has 5 nitrogen and oxygen atoms in total. The van der Waals surface area contributed by atoms with Crippen molar-refractivity contribution in [3.05, 3.63) is 0 Å². The Labute approximate surface area is 96.3 Å². The van der Waals surface area contributed by atoms with Gasteiger partial charge in [0.1, 0.15) is 0 Å². The van der Waals surface area contributed by atoms with Crippen LogP contribution < -0.4 is 0 Å². The lowest BCUT2D eigenvalue weighted by molar-refractivity contribution is -0.143. The maximum atomic E-state index is 11.0. The molecule has 3 atom stereocenters. The summed E-state index contributed by atoms with van der Waals surface area (Å²) in [7, 11) is 1.93. The summed E-state index contributed by atoms with van der Waals surface area (Å²) in [5.74, 6) is -1.20. The van der Waals surface area contributed by atoms with Gasteiger partial charge in [0, 0.05) is 18.7 Å². The number of carbonyl (C=O) groups is 1. The highest BCUT2D eigenvalue weighted by Gasteiger charge is 2.37. The first kappa shape index (κ1) is 13.4. The number of likely N-dealkylation sites (N-methyl/N-ethyl adjacent to an activating group) is 1. The average Bonchev–Trinajstić information content (AvgIpc) is 2.73. The standard InChI is InChI=1S/C11H21NO4/c1-4-15-5-8(2)12(3)10-7-16-6-9(10)11(13)14/h8-10H,4-7H2,1-3H3,(H,13,14). The third-order valence-corrected chi connectivity index (χ3v) is 3.15. The van der Waals surface area contributed by atoms with Gasteiger partial charge in [-0.1, -0.05) is 0 Å². The number of rotatable bonds is 6. The second-order valence-electron chi connectivity index (χ2n) is 4.22. The minimum absolute atomic E-state index is 0.0482. The average molecular weight is 231 g/mol. The molecular formula is C11H21NO4. The molecule has 1 aliphatic rings. The molecule has 0 bridgehead atoms. The fourth-order valence-corrected chi connectivity index (χ4v) is 1.91. The molecule has 1 aliphatic heterocycles. The summed E-state index contributed by atoms with van der Waals surface area (Å²) in [4.78, 5) is 13.1. The number of hydrogen-bond donors (Lipinski definition) is 1. The van der Waals surface area contributed by atoms with E-state index >= 15 is 0 Å². The zero-order valence-electron chi connectivity index (χ0n) is 10.2. The topological polar surface area (TPSA) is 59.0 Å². The van der Waals surface area contributed by atoms with Crippen molar-refractivity contribution in [2.75, 3.05) is 33.5 Å². The molecule has 0 saturated carbocycles. The first-order chi connectivity index (χ1) is 7.57. The van der Waals surface area contributed by atoms with Gasteiger partial charge >= 0.3 is 5.97 Å². The minimum atomic E-state index is -0.780. The zero-order chi connectivity index (χ0) is 12.1. The van der Waals surface area contributed by atoms with Crippen molar-refractivity contribution in [3.8, 4) is 0 Å². The lowest BCUT2D eigenvalue weighted by Gasteiger charge is -2.31. The van der Waals surface area contributed by atoms with Crippen molar-refractivity contribution in [1.82, 2.24) is 4.90 Å². The molecule has 1 rings (SSSR count). The van der Waals surface area contributed by atoms with E-state index in [9.17, 15) is 4.79 Å². The van der Waals surface area contributed by atoms with Crippen molar-refractivity contribution in [2.24, 2.45) is 5.92 Å². The Morgan fingerprint density at radius 3 is 2.88 bits per heavy atom. The molecule has 0 amide bonds. The number of ether oxygens (including phenoxy) is 2. The van der Waals surface area contributed by atoms with Crippen LogP contribution in [0.5, 0.6) is 0 Å². The molecule has 0 aromatic heterocycles. The second-order valence-corrected chi connectivity index (χ2v) is 4.22. The second kappa shape index (κ2) is 6.18. The summed E-state index contributed by atoms with van der Waals surface area (Å²) >= 11 is 0. The molecule has 5 heteroatoms. The number of carboxylic acids is 1. The third-order valence-electron chi connectivity index (χ3n) is 3.15. The Balaban J connectivity index is 2.51. The number of aliphatic carboxylic acids is 1. The highest BCUT2D eigenvalue weighted by molar-refractivity contribution is 5.71. The molecule has 0 spiro atoms. The number of hydrogen-bond acceptors (Lipinski definition) is 4. The van der Waals surface area contributed by atoms with Crippen molar-refractivity contribution in [3.63, 3.8) is 0 Å². The summed E-state index contributed by atoms with van der Waals surface area (Å²) < 4.78 is 10.6. The molecule has 16 heavy (non-hydrogen) atoms. The normalized spacial score (nSPS) is 27.2. The molecule has 0 radical (unpaired) electrons. The first-order valence-electron chi connectivity index (χ1n) is 5.68. The predicted octanol–water partition coefficient (Wildman–Crippen LogP) is 0.443. The van der Waals surface area contributed by atoms with E-state index < -0.39 is 11.9 Å². The molecule has 1 fully saturated rings. The van der Waals surface area contributed by atoms with E-state index in [1.165, 1.54) is 0 Å². The molecule has 1 N–H and O–H groups in total. The quantitative estimate of drug-likeness (QED) is 0.719. The SMILES string of the molecule is CCOCC(C)N(C)C1COCC1C(=O)O. The highest BCUT2D eigenvalue weighted by atomic mass is 16.5. The van der Waals surface area contributed by atoms with Crippen LogP contribution in [0.15, 0.2) is 0 Å². The van der Waals surface area contributed by atoms with Gasteiger partial charge in [0.05, 0.1) is 25.7 Å². The Bertz CT molecular complexity index is 234. The minimum Gasteiger partial charge on any atom is -0.481 e. The van der Waals surface area contributed by atoms with Crippen LogP contribution >= 0.6 is 0 Å². The van der Waals surface area contributed by atoms with Gasteiger partial charge in [-0.05, 0) is 20.9 Å². The number of nitrogens with zero attached hydrogens (tertiary/aromatic N) is 1. The molecule has 0 aromatic rings. The zero-order valence-corrected chi connectivity index (χ0v) is 10.2. The Morgan fingerprint density at radius 1 is 1.62 bits per heavy atom. The summed E-state index contributed by atoms with van der Waals surface area (Å²) in [6.45, 7) is 6.09. The number of carboxylic acid groups (broad SMARTS) is 1. The lowest BCUT2D eigenvalue weighted by Crippen LogP contribution is -2.46. The Morgan fingerprint density at radius 2 is 2.31 bits per heavy atom. The van der Waals surface area contributed by atoms with Gasteiger partial charge in [-0.2, -0.15) is 0 Å². The van der Waals surface area contributed by atoms with Crippen molar-refractivity contribution in [2.45, 2.75) is 25.9 Å². The molecule has 3 unspecified atom stereocenters. The maximum absolute atomic E-state index is 11.0. The van der Waals surface area contributed by atoms with Crippen LogP contribution in [0, 0.1) is 5.92 Å². The van der Waals surface area contributed by atoms with Crippen LogP contribution in [0.1, 0.15) is 13.8 Å². The fraction of sp³-hybridized carbons (Fsp3) is 0.909. The van der Waals surface area contributed by atoms with Gasteiger partial charge in [0.15, 0.2) is 0 Å². The van der Waals surface area contributed by atoms with E-state index in [1.807, 2.05) is 25.8 Å². The molecular weight excluding hydrogens is 210 g/mol. The molecule has 1 saturated heterocycles. The largest absolute Gasteiger partial charge is 0.481 e. The van der Waals surface area contributed by atoms with Gasteiger partial charge < -0.3 is 14.6 Å². The van der Waals surface area contributed by atoms with Crippen molar-refractivity contribution in [1.29, 1.82) is 0 Å². The van der Waals surface area contributed by atoms with Crippen LogP contribution in [0.25, 0.3) is 0 Å². The molecule has 1 heterocycles. The van der Waals surface area contributed by atoms with E-state index in [1.54, 1.807) is 0 Å². The monoisotopic (exact) mass is 231 g/mol. The van der Waals surface area contributed by atoms with Crippen molar-refractivity contribution < 1.29 is 19.4 Å². The predicted molar refractivity (Wildman–Crippen MR) is 59.5 cm³/mol. The van der Waals surface area contributed by atoms with Gasteiger partial charge in [0.25, 0.3) is 0 Å². The van der Waals surface area contributed by atoms with E-state index in [0.29, 0.717) is 26.4 Å². The third kappa shape index (κ3) is 3.17. The summed E-state index contributed by atoms with van der Waals surface area (Å²) in [6, 6.07) is 0.154. The fourth-order valence-electron chi connectivity index (χ4n) is 1.91. The smallest absolute Gasteiger partial charge is 0.310 e. The lowest BCUT2D eigenvalue weighted by atomic mass is 10.0. The van der Waals surface area contributed by atoms with Gasteiger partial charge in [-0.15, -0.1) is 0 Å². The Hall–Kier alpha value is -0.650. The summed E-state index contributed by atoms with van der Waals surface area (Å²) in [6.07, 6.45) is 0. The van der Waals surface area contributed by atoms with Gasteiger partial charge in [-0.3, -0.25) is 9.69 Å². The van der Waals surface area contributed by atoms with Crippen LogP contribution in [0.3, 0.4) is 0 Å². The van der Waals surface area contributed by atoms with Crippen LogP contribution in [0.4, 0.5) is 0 Å². The van der Waals surface area contributed by atoms with Crippen LogP contribution in [-0.2, 0) is 14.3 Å². The summed E-state index contributed by atoms with van der Waals surface area (Å²) in [5, 5.41) is 9.05. The van der Waals surface area contributed by atoms with Gasteiger partial charge in [-0.25, -0.2) is 0 Å². The maximum Gasteiger partial charge on any atom is 0.310 e. The van der Waals surface area contributed by atoms with E-state index in [-0.39, 0.29) is 12.1 Å². The first-order valence-corrected chi connectivity index (χ1v) is 5.68. The van der Waals surface area contributed by atoms with Crippen molar-refractivity contribution >= 4 is 5.97 Å². The van der Waals surface area contributed by atoms with E-state index in [2.05, 4.69) is 0 Å². The van der Waals surface area contributed by atoms with Gasteiger partial charge in [0.2, 0.25) is 0 Å². The summed E-state index contributed by atoms with van der Waals surface area (Å²) in [5.41, 5.74) is 0. The van der Waals surface area contributed by atoms with Crippen LogP contribution in [0.2, 0.25) is 0 Å². The molecule has 0 aromatic carbocycles.